The van der Waals surface area contributed by atoms with Gasteiger partial charge in [-0.25, -0.2) is 0 Å². The van der Waals surface area contributed by atoms with E-state index in [-0.39, 0.29) is 0 Å². The van der Waals surface area contributed by atoms with Gasteiger partial charge in [0.2, 0.25) is 0 Å². The summed E-state index contributed by atoms with van der Waals surface area (Å²) in [6, 6.07) is 0. The average Bonchev–Trinajstić information content (AvgIpc) is 2.01. The van der Waals surface area contributed by atoms with Crippen LogP contribution in [0, 0.1) is 23.7 Å². The van der Waals surface area contributed by atoms with Crippen molar-refractivity contribution in [1.29, 1.82) is 0 Å². The molecule has 0 saturated heterocycles. The second kappa shape index (κ2) is 4.82. The van der Waals surface area contributed by atoms with Crippen molar-refractivity contribution in [3.05, 3.63) is 0 Å². The zero-order chi connectivity index (χ0) is 10.0. The topological polar surface area (TPSA) is 0 Å². The van der Waals surface area contributed by atoms with Crippen LogP contribution in [-0.2, 0) is 0 Å². The van der Waals surface area contributed by atoms with Crippen LogP contribution in [0.25, 0.3) is 0 Å². The van der Waals surface area contributed by atoms with Gasteiger partial charge in [-0.3, -0.25) is 0 Å². The molecule has 0 aromatic heterocycles. The Morgan fingerprint density at radius 3 is 1.85 bits per heavy atom. The largest absolute Gasteiger partial charge is 0.0891 e. The highest BCUT2D eigenvalue weighted by atomic mass is 79.9. The molecule has 0 amide bonds. The molecule has 0 N–H and O–H groups in total. The van der Waals surface area contributed by atoms with E-state index in [2.05, 4.69) is 43.6 Å². The lowest BCUT2D eigenvalue weighted by Crippen LogP contribution is -2.27. The first kappa shape index (κ1) is 11.6. The van der Waals surface area contributed by atoms with Crippen LogP contribution in [0.1, 0.15) is 47.0 Å². The molecule has 0 aromatic rings. The SMILES string of the molecule is CC1CC(C)CC(C(C)C(C)Br)C1. The Balaban J connectivity index is 2.49. The van der Waals surface area contributed by atoms with Crippen LogP contribution >= 0.6 is 15.9 Å². The second-order valence-electron chi connectivity index (χ2n) is 5.21. The van der Waals surface area contributed by atoms with E-state index >= 15 is 0 Å². The van der Waals surface area contributed by atoms with E-state index in [0.717, 1.165) is 23.7 Å². The summed E-state index contributed by atoms with van der Waals surface area (Å²) in [5, 5.41) is 0. The third-order valence-corrected chi connectivity index (χ3v) is 4.52. The normalized spacial score (nSPS) is 39.9. The highest BCUT2D eigenvalue weighted by molar-refractivity contribution is 9.09. The average molecular weight is 247 g/mol. The number of alkyl halides is 1. The first-order chi connectivity index (χ1) is 6.00. The minimum atomic E-state index is 0.676. The molecule has 1 heteroatoms. The molecule has 4 unspecified atom stereocenters. The zero-order valence-corrected chi connectivity index (χ0v) is 11.0. The molecule has 1 aliphatic carbocycles. The second-order valence-corrected chi connectivity index (χ2v) is 6.66. The molecular weight excluding hydrogens is 224 g/mol. The molecule has 0 spiro atoms. The third kappa shape index (κ3) is 3.27. The number of rotatable bonds is 2. The van der Waals surface area contributed by atoms with Gasteiger partial charge in [0.1, 0.15) is 0 Å². The van der Waals surface area contributed by atoms with Gasteiger partial charge in [-0.2, -0.15) is 0 Å². The van der Waals surface area contributed by atoms with Crippen molar-refractivity contribution in [1.82, 2.24) is 0 Å². The monoisotopic (exact) mass is 246 g/mol. The standard InChI is InChI=1S/C12H23Br/c1-8-5-9(2)7-12(6-8)10(3)11(4)13/h8-12H,5-7H2,1-4H3. The highest BCUT2D eigenvalue weighted by Crippen LogP contribution is 2.39. The van der Waals surface area contributed by atoms with E-state index < -0.39 is 0 Å². The van der Waals surface area contributed by atoms with Crippen molar-refractivity contribution in [2.24, 2.45) is 23.7 Å². The molecule has 0 bridgehead atoms. The Morgan fingerprint density at radius 1 is 1.00 bits per heavy atom. The molecule has 78 valence electrons. The molecule has 1 saturated carbocycles. The predicted octanol–water partition coefficient (Wildman–Crippen LogP) is 4.48. The Labute approximate surface area is 91.6 Å². The Morgan fingerprint density at radius 2 is 1.46 bits per heavy atom. The Kier molecular flexibility index (Phi) is 4.28. The lowest BCUT2D eigenvalue weighted by atomic mass is 9.71. The van der Waals surface area contributed by atoms with Gasteiger partial charge in [-0.1, -0.05) is 43.6 Å². The fourth-order valence-corrected chi connectivity index (χ4v) is 3.25. The molecule has 0 aromatic carbocycles. The first-order valence-corrected chi connectivity index (χ1v) is 6.56. The minimum absolute atomic E-state index is 0.676. The maximum Gasteiger partial charge on any atom is 0.0145 e. The fraction of sp³-hybridized carbons (Fsp3) is 1.00. The van der Waals surface area contributed by atoms with Gasteiger partial charge in [0.15, 0.2) is 0 Å². The first-order valence-electron chi connectivity index (χ1n) is 5.64. The van der Waals surface area contributed by atoms with Crippen molar-refractivity contribution in [3.63, 3.8) is 0 Å². The van der Waals surface area contributed by atoms with Gasteiger partial charge in [-0.15, -0.1) is 0 Å². The van der Waals surface area contributed by atoms with E-state index in [1.165, 1.54) is 19.3 Å². The van der Waals surface area contributed by atoms with Crippen LogP contribution in [0.5, 0.6) is 0 Å². The summed E-state index contributed by atoms with van der Waals surface area (Å²) in [6.07, 6.45) is 4.34. The molecule has 0 nitrogen and oxygen atoms in total. The van der Waals surface area contributed by atoms with Crippen LogP contribution in [0.3, 0.4) is 0 Å². The van der Waals surface area contributed by atoms with Crippen molar-refractivity contribution in [2.75, 3.05) is 0 Å². The molecule has 1 fully saturated rings. The molecule has 0 heterocycles. The molecule has 13 heavy (non-hydrogen) atoms. The van der Waals surface area contributed by atoms with E-state index in [9.17, 15) is 0 Å². The van der Waals surface area contributed by atoms with Gasteiger partial charge in [-0.05, 0) is 42.9 Å². The molecule has 1 aliphatic rings. The smallest absolute Gasteiger partial charge is 0.0145 e. The lowest BCUT2D eigenvalue weighted by Gasteiger charge is -2.36. The van der Waals surface area contributed by atoms with E-state index in [4.69, 9.17) is 0 Å². The fourth-order valence-electron chi connectivity index (χ4n) is 2.81. The third-order valence-electron chi connectivity index (χ3n) is 3.68. The summed E-state index contributed by atoms with van der Waals surface area (Å²) >= 11 is 3.72. The summed E-state index contributed by atoms with van der Waals surface area (Å²) in [5.74, 6) is 3.68. The Bertz CT molecular complexity index is 143. The quantitative estimate of drug-likeness (QED) is 0.631. The number of hydrogen-bond donors (Lipinski definition) is 0. The van der Waals surface area contributed by atoms with Crippen molar-refractivity contribution in [3.8, 4) is 0 Å². The molecule has 1 rings (SSSR count). The zero-order valence-electron chi connectivity index (χ0n) is 9.39. The number of hydrogen-bond acceptors (Lipinski definition) is 0. The van der Waals surface area contributed by atoms with E-state index in [0.29, 0.717) is 4.83 Å². The Hall–Kier alpha value is 0.480. The summed E-state index contributed by atoms with van der Waals surface area (Å²) < 4.78 is 0. The van der Waals surface area contributed by atoms with Gasteiger partial charge in [0, 0.05) is 4.83 Å². The molecular formula is C12H23Br. The van der Waals surface area contributed by atoms with Gasteiger partial charge < -0.3 is 0 Å². The molecule has 4 atom stereocenters. The summed E-state index contributed by atoms with van der Waals surface area (Å²) in [4.78, 5) is 0.676. The van der Waals surface area contributed by atoms with Gasteiger partial charge >= 0.3 is 0 Å². The summed E-state index contributed by atoms with van der Waals surface area (Å²) in [6.45, 7) is 9.51. The van der Waals surface area contributed by atoms with E-state index in [1.807, 2.05) is 0 Å². The van der Waals surface area contributed by atoms with Crippen molar-refractivity contribution >= 4 is 15.9 Å². The van der Waals surface area contributed by atoms with Gasteiger partial charge in [0.05, 0.1) is 0 Å². The maximum atomic E-state index is 3.72. The maximum absolute atomic E-state index is 3.72. The number of halogens is 1. The lowest BCUT2D eigenvalue weighted by molar-refractivity contribution is 0.169. The van der Waals surface area contributed by atoms with Crippen LogP contribution in [0.2, 0.25) is 0 Å². The minimum Gasteiger partial charge on any atom is -0.0891 e. The summed E-state index contributed by atoms with van der Waals surface area (Å²) in [7, 11) is 0. The van der Waals surface area contributed by atoms with E-state index in [1.54, 1.807) is 0 Å². The van der Waals surface area contributed by atoms with Crippen LogP contribution in [0.4, 0.5) is 0 Å². The van der Waals surface area contributed by atoms with Crippen molar-refractivity contribution in [2.45, 2.75) is 51.8 Å². The van der Waals surface area contributed by atoms with Crippen molar-refractivity contribution < 1.29 is 0 Å². The summed E-state index contributed by atoms with van der Waals surface area (Å²) in [5.41, 5.74) is 0. The highest BCUT2D eigenvalue weighted by Gasteiger charge is 2.29. The molecule has 0 radical (unpaired) electrons. The van der Waals surface area contributed by atoms with Gasteiger partial charge in [0.25, 0.3) is 0 Å². The predicted molar refractivity (Wildman–Crippen MR) is 63.2 cm³/mol. The van der Waals surface area contributed by atoms with Crippen LogP contribution < -0.4 is 0 Å². The van der Waals surface area contributed by atoms with Crippen LogP contribution in [0.15, 0.2) is 0 Å². The molecule has 0 aliphatic heterocycles. The van der Waals surface area contributed by atoms with Crippen LogP contribution in [-0.4, -0.2) is 4.83 Å².